The summed E-state index contributed by atoms with van der Waals surface area (Å²) in [5, 5.41) is 2.77. The minimum absolute atomic E-state index is 0.0365. The second-order valence-electron chi connectivity index (χ2n) is 8.49. The van der Waals surface area contributed by atoms with Crippen LogP contribution in [0.1, 0.15) is 33.0 Å². The lowest BCUT2D eigenvalue weighted by molar-refractivity contribution is 0.0595. The van der Waals surface area contributed by atoms with Crippen molar-refractivity contribution >= 4 is 12.1 Å². The predicted molar refractivity (Wildman–Crippen MR) is 135 cm³/mol. The number of ether oxygens (including phenoxy) is 2. The lowest BCUT2D eigenvalue weighted by atomic mass is 9.97. The molecule has 4 aromatic carbocycles. The third-order valence-corrected chi connectivity index (χ3v) is 6.48. The van der Waals surface area contributed by atoms with Gasteiger partial charge in [-0.15, -0.1) is 0 Å². The molecular formula is C30H24FNO4. The van der Waals surface area contributed by atoms with Gasteiger partial charge in [0.05, 0.1) is 12.7 Å². The maximum Gasteiger partial charge on any atom is 0.407 e. The molecule has 0 saturated heterocycles. The van der Waals surface area contributed by atoms with Crippen LogP contribution in [0.25, 0.3) is 22.3 Å². The van der Waals surface area contributed by atoms with Crippen LogP contribution in [-0.4, -0.2) is 25.8 Å². The van der Waals surface area contributed by atoms with E-state index >= 15 is 4.39 Å². The van der Waals surface area contributed by atoms with Crippen molar-refractivity contribution in [2.45, 2.75) is 12.5 Å². The molecule has 6 heteroatoms. The van der Waals surface area contributed by atoms with Gasteiger partial charge in [0.2, 0.25) is 0 Å². The maximum absolute atomic E-state index is 15.1. The van der Waals surface area contributed by atoms with E-state index in [4.69, 9.17) is 4.74 Å². The quantitative estimate of drug-likeness (QED) is 0.328. The van der Waals surface area contributed by atoms with Crippen molar-refractivity contribution in [1.29, 1.82) is 0 Å². The zero-order valence-electron chi connectivity index (χ0n) is 19.7. The maximum atomic E-state index is 15.1. The van der Waals surface area contributed by atoms with Gasteiger partial charge < -0.3 is 14.8 Å². The summed E-state index contributed by atoms with van der Waals surface area (Å²) in [5.74, 6) is -1.45. The summed E-state index contributed by atoms with van der Waals surface area (Å²) >= 11 is 0. The number of methoxy groups -OCH3 is 1. The highest BCUT2D eigenvalue weighted by molar-refractivity contribution is 5.91. The number of amides is 1. The molecule has 1 amide bonds. The van der Waals surface area contributed by atoms with Gasteiger partial charge in [-0.05, 0) is 39.4 Å². The average Bonchev–Trinajstić information content (AvgIpc) is 3.24. The van der Waals surface area contributed by atoms with Crippen molar-refractivity contribution in [1.82, 2.24) is 5.32 Å². The molecule has 0 radical (unpaired) electrons. The Morgan fingerprint density at radius 2 is 1.36 bits per heavy atom. The minimum Gasteiger partial charge on any atom is -0.465 e. The molecule has 0 aromatic heterocycles. The number of fused-ring (bicyclic) bond motifs is 3. The Labute approximate surface area is 208 Å². The lowest BCUT2D eigenvalue weighted by Gasteiger charge is -2.16. The summed E-state index contributed by atoms with van der Waals surface area (Å²) in [4.78, 5) is 24.5. The molecule has 0 heterocycles. The van der Waals surface area contributed by atoms with E-state index in [2.05, 4.69) is 34.3 Å². The van der Waals surface area contributed by atoms with E-state index in [0.29, 0.717) is 11.1 Å². The van der Waals surface area contributed by atoms with E-state index in [1.807, 2.05) is 24.3 Å². The number of nitrogens with one attached hydrogen (secondary N) is 1. The van der Waals surface area contributed by atoms with Gasteiger partial charge in [0.1, 0.15) is 12.4 Å². The van der Waals surface area contributed by atoms with Gasteiger partial charge in [-0.3, -0.25) is 0 Å². The normalized spacial score (nSPS) is 11.9. The number of rotatable bonds is 6. The van der Waals surface area contributed by atoms with E-state index in [1.54, 1.807) is 36.4 Å². The zero-order chi connectivity index (χ0) is 25.1. The Hall–Kier alpha value is -4.45. The van der Waals surface area contributed by atoms with E-state index < -0.39 is 17.9 Å². The van der Waals surface area contributed by atoms with Crippen LogP contribution in [0, 0.1) is 5.82 Å². The molecule has 0 aliphatic heterocycles. The van der Waals surface area contributed by atoms with Crippen LogP contribution in [-0.2, 0) is 16.0 Å². The van der Waals surface area contributed by atoms with Crippen LogP contribution < -0.4 is 5.32 Å². The Morgan fingerprint density at radius 3 is 2.03 bits per heavy atom. The molecule has 0 saturated carbocycles. The van der Waals surface area contributed by atoms with Crippen molar-refractivity contribution in [2.75, 3.05) is 13.7 Å². The van der Waals surface area contributed by atoms with Crippen LogP contribution in [0.15, 0.2) is 91.0 Å². The van der Waals surface area contributed by atoms with Gasteiger partial charge >= 0.3 is 12.1 Å². The Bertz CT molecular complexity index is 1400. The van der Waals surface area contributed by atoms with Crippen molar-refractivity contribution in [2.24, 2.45) is 0 Å². The Kier molecular flexibility index (Phi) is 6.50. The molecule has 0 fully saturated rings. The number of carbonyl (C=O) groups excluding carboxylic acids is 2. The smallest absolute Gasteiger partial charge is 0.407 e. The highest BCUT2D eigenvalue weighted by Gasteiger charge is 2.29. The Balaban J connectivity index is 1.29. The van der Waals surface area contributed by atoms with Gasteiger partial charge in [0.25, 0.3) is 0 Å². The van der Waals surface area contributed by atoms with E-state index in [-0.39, 0.29) is 30.2 Å². The summed E-state index contributed by atoms with van der Waals surface area (Å²) in [6.45, 7) is 0.339. The molecule has 36 heavy (non-hydrogen) atoms. The van der Waals surface area contributed by atoms with Crippen molar-refractivity contribution in [3.8, 4) is 22.3 Å². The summed E-state index contributed by atoms with van der Waals surface area (Å²) in [7, 11) is 1.21. The SMILES string of the molecule is COC(=O)c1cccc(-c2ccccc2CNC(=O)OCC2c3ccccc3-c3ccccc32)c1F. The topological polar surface area (TPSA) is 64.6 Å². The highest BCUT2D eigenvalue weighted by atomic mass is 19.1. The molecule has 0 bridgehead atoms. The highest BCUT2D eigenvalue weighted by Crippen LogP contribution is 2.44. The average molecular weight is 482 g/mol. The van der Waals surface area contributed by atoms with Crippen LogP contribution in [0.5, 0.6) is 0 Å². The fourth-order valence-corrected chi connectivity index (χ4v) is 4.76. The van der Waals surface area contributed by atoms with Gasteiger partial charge in [0, 0.05) is 18.0 Å². The standard InChI is InChI=1S/C30H24FNO4/c1-35-29(33)26-16-8-15-25(28(26)31)20-10-3-2-9-19(20)17-32-30(34)36-18-27-23-13-6-4-11-21(23)22-12-5-7-14-24(22)27/h2-16,27H,17-18H2,1H3,(H,32,34). The third kappa shape index (κ3) is 4.33. The first kappa shape index (κ1) is 23.3. The molecule has 1 aliphatic rings. The van der Waals surface area contributed by atoms with E-state index in [0.717, 1.165) is 22.3 Å². The van der Waals surface area contributed by atoms with Gasteiger partial charge in [0.15, 0.2) is 0 Å². The van der Waals surface area contributed by atoms with Gasteiger partial charge in [-0.2, -0.15) is 0 Å². The zero-order valence-corrected chi connectivity index (χ0v) is 19.7. The summed E-state index contributed by atoms with van der Waals surface area (Å²) < 4.78 is 25.4. The fraction of sp³-hybridized carbons (Fsp3) is 0.133. The molecule has 4 aromatic rings. The van der Waals surface area contributed by atoms with Crippen LogP contribution >= 0.6 is 0 Å². The number of hydrogen-bond acceptors (Lipinski definition) is 4. The van der Waals surface area contributed by atoms with E-state index in [1.165, 1.54) is 13.2 Å². The Morgan fingerprint density at radius 1 is 0.778 bits per heavy atom. The molecule has 0 unspecified atom stereocenters. The molecule has 5 nitrogen and oxygen atoms in total. The second-order valence-corrected chi connectivity index (χ2v) is 8.49. The predicted octanol–water partition coefficient (Wildman–Crippen LogP) is 6.32. The number of carbonyl (C=O) groups is 2. The number of hydrogen-bond donors (Lipinski definition) is 1. The van der Waals surface area contributed by atoms with E-state index in [9.17, 15) is 9.59 Å². The molecule has 5 rings (SSSR count). The van der Waals surface area contributed by atoms with Gasteiger partial charge in [-0.1, -0.05) is 84.9 Å². The van der Waals surface area contributed by atoms with Crippen molar-refractivity contribution in [3.63, 3.8) is 0 Å². The molecule has 0 atom stereocenters. The number of benzene rings is 4. The molecule has 1 aliphatic carbocycles. The fourth-order valence-electron chi connectivity index (χ4n) is 4.76. The van der Waals surface area contributed by atoms with Crippen LogP contribution in [0.2, 0.25) is 0 Å². The molecule has 0 spiro atoms. The first-order chi connectivity index (χ1) is 17.6. The van der Waals surface area contributed by atoms with Crippen LogP contribution in [0.4, 0.5) is 9.18 Å². The van der Waals surface area contributed by atoms with Crippen LogP contribution in [0.3, 0.4) is 0 Å². The first-order valence-corrected chi connectivity index (χ1v) is 11.6. The molecule has 1 N–H and O–H groups in total. The largest absolute Gasteiger partial charge is 0.465 e. The number of esters is 1. The molecule has 180 valence electrons. The number of halogens is 1. The minimum atomic E-state index is -0.747. The second kappa shape index (κ2) is 10.0. The third-order valence-electron chi connectivity index (χ3n) is 6.48. The first-order valence-electron chi connectivity index (χ1n) is 11.6. The lowest BCUT2D eigenvalue weighted by Crippen LogP contribution is -2.26. The monoisotopic (exact) mass is 481 g/mol. The number of alkyl carbamates (subject to hydrolysis) is 1. The molecular weight excluding hydrogens is 457 g/mol. The summed E-state index contributed by atoms with van der Waals surface area (Å²) in [6.07, 6.45) is -0.560. The van der Waals surface area contributed by atoms with Gasteiger partial charge in [-0.25, -0.2) is 14.0 Å². The van der Waals surface area contributed by atoms with Crippen molar-refractivity contribution < 1.29 is 23.5 Å². The van der Waals surface area contributed by atoms with Crippen molar-refractivity contribution in [3.05, 3.63) is 119 Å². The summed E-state index contributed by atoms with van der Waals surface area (Å²) in [6, 6.07) is 28.0. The summed E-state index contributed by atoms with van der Waals surface area (Å²) in [5.41, 5.74) is 5.96.